The van der Waals surface area contributed by atoms with Crippen LogP contribution < -0.4 is 10.6 Å². The molecule has 2 N–H and O–H groups in total. The standard InChI is InChI=1S/C24H27N5O4/c1-3-28-19-8-5-4-7-18(19)27-22(28)20-9-6-14-29(20)24(32)26-17-12-10-16(11-13-17)23(31)25-15-21(30)33-2/h4-5,7-8,10-13,20H,3,6,9,14-15H2,1-2H3,(H,25,31)(H,26,32). The molecule has 0 radical (unpaired) electrons. The number of para-hydroxylation sites is 2. The number of hydrogen-bond acceptors (Lipinski definition) is 5. The number of ether oxygens (including phenoxy) is 1. The monoisotopic (exact) mass is 449 g/mol. The van der Waals surface area contributed by atoms with Crippen LogP contribution in [0.4, 0.5) is 10.5 Å². The largest absolute Gasteiger partial charge is 0.468 e. The smallest absolute Gasteiger partial charge is 0.325 e. The van der Waals surface area contributed by atoms with Gasteiger partial charge in [0.05, 0.1) is 24.2 Å². The molecule has 0 saturated carbocycles. The number of anilines is 1. The summed E-state index contributed by atoms with van der Waals surface area (Å²) < 4.78 is 6.68. The molecule has 1 saturated heterocycles. The highest BCUT2D eigenvalue weighted by Crippen LogP contribution is 2.33. The second kappa shape index (κ2) is 9.72. The number of nitrogens with one attached hydrogen (secondary N) is 2. The van der Waals surface area contributed by atoms with E-state index in [4.69, 9.17) is 4.98 Å². The van der Waals surface area contributed by atoms with E-state index in [1.54, 1.807) is 24.3 Å². The van der Waals surface area contributed by atoms with Gasteiger partial charge >= 0.3 is 12.0 Å². The number of fused-ring (bicyclic) bond motifs is 1. The number of methoxy groups -OCH3 is 1. The van der Waals surface area contributed by atoms with Gasteiger partial charge in [-0.2, -0.15) is 0 Å². The predicted octanol–water partition coefficient (Wildman–Crippen LogP) is 3.33. The van der Waals surface area contributed by atoms with Gasteiger partial charge in [0.1, 0.15) is 12.4 Å². The third-order valence-corrected chi connectivity index (χ3v) is 5.83. The molecule has 9 heteroatoms. The van der Waals surface area contributed by atoms with E-state index < -0.39 is 11.9 Å². The third kappa shape index (κ3) is 4.67. The van der Waals surface area contributed by atoms with Gasteiger partial charge in [0.2, 0.25) is 0 Å². The molecule has 3 aromatic rings. The normalized spacial score (nSPS) is 15.5. The lowest BCUT2D eigenvalue weighted by molar-refractivity contribution is -0.139. The number of carbonyl (C=O) groups is 3. The molecule has 4 rings (SSSR count). The molecule has 1 fully saturated rings. The van der Waals surface area contributed by atoms with E-state index in [1.165, 1.54) is 7.11 Å². The maximum atomic E-state index is 13.1. The number of aryl methyl sites for hydroxylation is 1. The lowest BCUT2D eigenvalue weighted by Gasteiger charge is -2.25. The molecular formula is C24H27N5O4. The Morgan fingerprint density at radius 1 is 1.12 bits per heavy atom. The number of esters is 1. The average molecular weight is 450 g/mol. The minimum Gasteiger partial charge on any atom is -0.468 e. The van der Waals surface area contributed by atoms with Crippen LogP contribution in [0.5, 0.6) is 0 Å². The van der Waals surface area contributed by atoms with Crippen LogP contribution in [0.25, 0.3) is 11.0 Å². The first-order chi connectivity index (χ1) is 16.0. The Kier molecular flexibility index (Phi) is 6.58. The molecule has 2 aromatic carbocycles. The zero-order valence-corrected chi connectivity index (χ0v) is 18.7. The summed E-state index contributed by atoms with van der Waals surface area (Å²) in [5.74, 6) is -0.00988. The van der Waals surface area contributed by atoms with Crippen molar-refractivity contribution < 1.29 is 19.1 Å². The SMILES string of the molecule is CCn1c(C2CCCN2C(=O)Nc2ccc(C(=O)NCC(=O)OC)cc2)nc2ccccc21. The molecule has 2 heterocycles. The quantitative estimate of drug-likeness (QED) is 0.562. The maximum Gasteiger partial charge on any atom is 0.325 e. The zero-order valence-electron chi connectivity index (χ0n) is 18.7. The van der Waals surface area contributed by atoms with E-state index in [0.717, 1.165) is 36.2 Å². The molecule has 0 bridgehead atoms. The van der Waals surface area contributed by atoms with E-state index in [2.05, 4.69) is 32.9 Å². The van der Waals surface area contributed by atoms with Gasteiger partial charge in [-0.3, -0.25) is 9.59 Å². The van der Waals surface area contributed by atoms with E-state index in [-0.39, 0.29) is 18.6 Å². The summed E-state index contributed by atoms with van der Waals surface area (Å²) in [6.07, 6.45) is 1.76. The van der Waals surface area contributed by atoms with Crippen LogP contribution in [0.1, 0.15) is 42.0 Å². The van der Waals surface area contributed by atoms with Crippen LogP contribution in [-0.2, 0) is 16.1 Å². The Balaban J connectivity index is 1.45. The van der Waals surface area contributed by atoms with Gasteiger partial charge in [-0.1, -0.05) is 12.1 Å². The van der Waals surface area contributed by atoms with Crippen molar-refractivity contribution in [2.75, 3.05) is 25.5 Å². The van der Waals surface area contributed by atoms with Crippen LogP contribution >= 0.6 is 0 Å². The highest BCUT2D eigenvalue weighted by Gasteiger charge is 2.33. The number of carbonyl (C=O) groups excluding carboxylic acids is 3. The van der Waals surface area contributed by atoms with Crippen LogP contribution in [0.3, 0.4) is 0 Å². The van der Waals surface area contributed by atoms with Crippen molar-refractivity contribution in [3.63, 3.8) is 0 Å². The fourth-order valence-electron chi connectivity index (χ4n) is 4.19. The molecule has 1 aromatic heterocycles. The van der Waals surface area contributed by atoms with Gasteiger partial charge in [-0.25, -0.2) is 9.78 Å². The van der Waals surface area contributed by atoms with Gasteiger partial charge < -0.3 is 24.8 Å². The Morgan fingerprint density at radius 3 is 2.61 bits per heavy atom. The minimum absolute atomic E-state index is 0.0966. The molecule has 9 nitrogen and oxygen atoms in total. The first-order valence-corrected chi connectivity index (χ1v) is 11.0. The Morgan fingerprint density at radius 2 is 1.88 bits per heavy atom. The van der Waals surface area contributed by atoms with Crippen LogP contribution in [-0.4, -0.2) is 52.6 Å². The molecule has 33 heavy (non-hydrogen) atoms. The van der Waals surface area contributed by atoms with E-state index >= 15 is 0 Å². The highest BCUT2D eigenvalue weighted by molar-refractivity contribution is 5.97. The van der Waals surface area contributed by atoms with Gasteiger partial charge in [-0.15, -0.1) is 0 Å². The summed E-state index contributed by atoms with van der Waals surface area (Å²) >= 11 is 0. The van der Waals surface area contributed by atoms with E-state index in [0.29, 0.717) is 17.8 Å². The van der Waals surface area contributed by atoms with Crippen molar-refractivity contribution in [3.8, 4) is 0 Å². The number of urea groups is 1. The molecule has 1 aliphatic heterocycles. The number of likely N-dealkylation sites (tertiary alicyclic amines) is 1. The lowest BCUT2D eigenvalue weighted by atomic mass is 10.2. The minimum atomic E-state index is -0.524. The fraction of sp³-hybridized carbons (Fsp3) is 0.333. The Hall–Kier alpha value is -3.88. The zero-order chi connectivity index (χ0) is 23.4. The van der Waals surface area contributed by atoms with Crippen molar-refractivity contribution >= 4 is 34.6 Å². The van der Waals surface area contributed by atoms with Crippen molar-refractivity contribution in [1.29, 1.82) is 0 Å². The summed E-state index contributed by atoms with van der Waals surface area (Å²) in [5.41, 5.74) is 2.97. The Bertz CT molecular complexity index is 1170. The van der Waals surface area contributed by atoms with Gasteiger partial charge in [0, 0.05) is 24.3 Å². The fourth-order valence-corrected chi connectivity index (χ4v) is 4.19. The van der Waals surface area contributed by atoms with Crippen LogP contribution in [0, 0.1) is 0 Å². The topological polar surface area (TPSA) is 106 Å². The van der Waals surface area contributed by atoms with Crippen molar-refractivity contribution in [3.05, 3.63) is 59.9 Å². The molecule has 1 aliphatic rings. The molecule has 1 unspecified atom stereocenters. The first-order valence-electron chi connectivity index (χ1n) is 11.0. The molecule has 172 valence electrons. The number of hydrogen-bond donors (Lipinski definition) is 2. The van der Waals surface area contributed by atoms with Crippen LogP contribution in [0.2, 0.25) is 0 Å². The Labute approximate surface area is 191 Å². The molecule has 0 spiro atoms. The van der Waals surface area contributed by atoms with Crippen molar-refractivity contribution in [2.24, 2.45) is 0 Å². The summed E-state index contributed by atoms with van der Waals surface area (Å²) in [5, 5.41) is 5.41. The summed E-state index contributed by atoms with van der Waals surface area (Å²) in [4.78, 5) is 43.0. The molecule has 1 atom stereocenters. The number of aromatic nitrogens is 2. The summed E-state index contributed by atoms with van der Waals surface area (Å²) in [6.45, 7) is 3.31. The summed E-state index contributed by atoms with van der Waals surface area (Å²) in [6, 6.07) is 14.2. The van der Waals surface area contributed by atoms with Gasteiger partial charge in [-0.05, 0) is 56.2 Å². The second-order valence-electron chi connectivity index (χ2n) is 7.82. The van der Waals surface area contributed by atoms with Crippen molar-refractivity contribution in [1.82, 2.24) is 19.8 Å². The predicted molar refractivity (Wildman–Crippen MR) is 124 cm³/mol. The molecule has 0 aliphatic carbocycles. The first kappa shape index (κ1) is 22.3. The van der Waals surface area contributed by atoms with E-state index in [1.807, 2.05) is 23.1 Å². The average Bonchev–Trinajstić information content (AvgIpc) is 3.47. The molecular weight excluding hydrogens is 422 g/mol. The van der Waals surface area contributed by atoms with E-state index in [9.17, 15) is 14.4 Å². The number of amides is 3. The maximum absolute atomic E-state index is 13.1. The number of nitrogens with zero attached hydrogens (tertiary/aromatic N) is 3. The van der Waals surface area contributed by atoms with Crippen LogP contribution in [0.15, 0.2) is 48.5 Å². The second-order valence-corrected chi connectivity index (χ2v) is 7.82. The highest BCUT2D eigenvalue weighted by atomic mass is 16.5. The van der Waals surface area contributed by atoms with Gasteiger partial charge in [0.25, 0.3) is 5.91 Å². The number of imidazole rings is 1. The van der Waals surface area contributed by atoms with Gasteiger partial charge in [0.15, 0.2) is 0 Å². The summed E-state index contributed by atoms with van der Waals surface area (Å²) in [7, 11) is 1.26. The molecule has 3 amide bonds. The van der Waals surface area contributed by atoms with Crippen molar-refractivity contribution in [2.45, 2.75) is 32.4 Å². The third-order valence-electron chi connectivity index (χ3n) is 5.83. The number of rotatable bonds is 6. The number of benzene rings is 2. The lowest BCUT2D eigenvalue weighted by Crippen LogP contribution is -2.35.